The summed E-state index contributed by atoms with van der Waals surface area (Å²) in [7, 11) is 0. The van der Waals surface area contributed by atoms with Crippen LogP contribution in [0.2, 0.25) is 0 Å². The molecule has 6 heteroatoms. The van der Waals surface area contributed by atoms with E-state index >= 15 is 0 Å². The van der Waals surface area contributed by atoms with Gasteiger partial charge in [-0.1, -0.05) is 0 Å². The maximum atomic E-state index is 12.1. The van der Waals surface area contributed by atoms with Gasteiger partial charge in [-0.15, -0.1) is 22.7 Å². The molecule has 0 unspecified atom stereocenters. The minimum absolute atomic E-state index is 0.0327. The zero-order chi connectivity index (χ0) is 11.8. The normalized spacial score (nSPS) is 11.1. The molecule has 3 rings (SSSR count). The highest BCUT2D eigenvalue weighted by molar-refractivity contribution is 9.10. The molecule has 0 aliphatic rings. The van der Waals surface area contributed by atoms with Crippen molar-refractivity contribution in [3.63, 3.8) is 0 Å². The number of hydrogen-bond acceptors (Lipinski definition) is 4. The summed E-state index contributed by atoms with van der Waals surface area (Å²) in [6, 6.07) is 3.86. The molecular formula is C11H7BrN2OS2. The zero-order valence-electron chi connectivity index (χ0n) is 8.59. The lowest BCUT2D eigenvalue weighted by Crippen LogP contribution is -2.19. The first kappa shape index (κ1) is 11.1. The molecule has 0 fully saturated rings. The first-order chi connectivity index (χ1) is 8.25. The first-order valence-corrected chi connectivity index (χ1v) is 7.45. The van der Waals surface area contributed by atoms with Crippen LogP contribution in [0.1, 0.15) is 4.88 Å². The Morgan fingerprint density at radius 3 is 2.88 bits per heavy atom. The minimum Gasteiger partial charge on any atom is -0.293 e. The molecule has 3 heterocycles. The molecule has 0 atom stereocenters. The smallest absolute Gasteiger partial charge is 0.271 e. The van der Waals surface area contributed by atoms with Gasteiger partial charge in [-0.3, -0.25) is 9.36 Å². The van der Waals surface area contributed by atoms with Gasteiger partial charge in [-0.05, 0) is 38.8 Å². The summed E-state index contributed by atoms with van der Waals surface area (Å²) >= 11 is 6.54. The van der Waals surface area contributed by atoms with E-state index in [4.69, 9.17) is 0 Å². The maximum Gasteiger partial charge on any atom is 0.271 e. The van der Waals surface area contributed by atoms with E-state index in [1.165, 1.54) is 11.3 Å². The predicted octanol–water partition coefficient (Wildman–Crippen LogP) is 3.33. The fourth-order valence-corrected chi connectivity index (χ4v) is 3.85. The fourth-order valence-electron chi connectivity index (χ4n) is 1.58. The fraction of sp³-hybridized carbons (Fsp3) is 0.0909. The average Bonchev–Trinajstić information content (AvgIpc) is 2.92. The lowest BCUT2D eigenvalue weighted by atomic mass is 10.4. The van der Waals surface area contributed by atoms with Gasteiger partial charge < -0.3 is 0 Å². The Bertz CT molecular complexity index is 728. The molecule has 0 saturated heterocycles. The van der Waals surface area contributed by atoms with E-state index in [1.807, 2.05) is 22.9 Å². The van der Waals surface area contributed by atoms with E-state index in [0.29, 0.717) is 6.54 Å². The summed E-state index contributed by atoms with van der Waals surface area (Å²) in [5.41, 5.74) is 0.812. The Kier molecular flexibility index (Phi) is 2.85. The Morgan fingerprint density at radius 1 is 1.29 bits per heavy atom. The highest BCUT2D eigenvalue weighted by atomic mass is 79.9. The van der Waals surface area contributed by atoms with Crippen LogP contribution in [0.15, 0.2) is 38.5 Å². The first-order valence-electron chi connectivity index (χ1n) is 4.90. The number of halogens is 1. The van der Waals surface area contributed by atoms with Crippen LogP contribution in [0, 0.1) is 0 Å². The predicted molar refractivity (Wildman–Crippen MR) is 75.0 cm³/mol. The standard InChI is InChI=1S/C11H7BrN2OS2/c12-7-1-3-16-9(7)5-14-6-13-8-2-4-17-10(8)11(14)15/h1-4,6H,5H2. The van der Waals surface area contributed by atoms with E-state index in [2.05, 4.69) is 20.9 Å². The quantitative estimate of drug-likeness (QED) is 0.724. The number of hydrogen-bond donors (Lipinski definition) is 0. The van der Waals surface area contributed by atoms with Crippen LogP contribution >= 0.6 is 38.6 Å². The molecule has 3 aromatic rings. The summed E-state index contributed by atoms with van der Waals surface area (Å²) in [5.74, 6) is 0. The molecule has 0 aliphatic heterocycles. The molecule has 0 N–H and O–H groups in total. The zero-order valence-corrected chi connectivity index (χ0v) is 11.8. The number of thiophene rings is 2. The van der Waals surface area contributed by atoms with Gasteiger partial charge in [-0.2, -0.15) is 0 Å². The van der Waals surface area contributed by atoms with E-state index in [1.54, 1.807) is 22.2 Å². The lowest BCUT2D eigenvalue weighted by molar-refractivity contribution is 0.758. The van der Waals surface area contributed by atoms with Gasteiger partial charge in [-0.25, -0.2) is 4.98 Å². The van der Waals surface area contributed by atoms with Gasteiger partial charge in [0.2, 0.25) is 0 Å². The van der Waals surface area contributed by atoms with Crippen molar-refractivity contribution in [3.8, 4) is 0 Å². The highest BCUT2D eigenvalue weighted by Crippen LogP contribution is 2.23. The van der Waals surface area contributed by atoms with Gasteiger partial charge in [0.15, 0.2) is 0 Å². The van der Waals surface area contributed by atoms with Gasteiger partial charge >= 0.3 is 0 Å². The topological polar surface area (TPSA) is 34.9 Å². The van der Waals surface area contributed by atoms with Crippen molar-refractivity contribution in [2.45, 2.75) is 6.54 Å². The van der Waals surface area contributed by atoms with Crippen molar-refractivity contribution in [3.05, 3.63) is 48.9 Å². The molecule has 0 bridgehead atoms. The molecule has 0 saturated carbocycles. The molecule has 0 aromatic carbocycles. The van der Waals surface area contributed by atoms with E-state index in [-0.39, 0.29) is 5.56 Å². The molecule has 17 heavy (non-hydrogen) atoms. The second kappa shape index (κ2) is 4.36. The number of nitrogens with zero attached hydrogens (tertiary/aromatic N) is 2. The van der Waals surface area contributed by atoms with E-state index < -0.39 is 0 Å². The third-order valence-electron chi connectivity index (χ3n) is 2.44. The Balaban J connectivity index is 2.09. The van der Waals surface area contributed by atoms with Crippen molar-refractivity contribution >= 4 is 48.8 Å². The van der Waals surface area contributed by atoms with Gasteiger partial charge in [0.1, 0.15) is 4.70 Å². The van der Waals surface area contributed by atoms with Gasteiger partial charge in [0, 0.05) is 9.35 Å². The summed E-state index contributed by atoms with van der Waals surface area (Å²) in [5, 5.41) is 3.89. The Morgan fingerprint density at radius 2 is 2.12 bits per heavy atom. The minimum atomic E-state index is 0.0327. The molecular weight excluding hydrogens is 320 g/mol. The van der Waals surface area contributed by atoms with Crippen LogP contribution in [0.4, 0.5) is 0 Å². The second-order valence-electron chi connectivity index (χ2n) is 3.50. The van der Waals surface area contributed by atoms with Crippen LogP contribution in [-0.4, -0.2) is 9.55 Å². The number of rotatable bonds is 2. The Hall–Kier alpha value is -0.980. The van der Waals surface area contributed by atoms with Gasteiger partial charge in [0.05, 0.1) is 18.4 Å². The summed E-state index contributed by atoms with van der Waals surface area (Å²) in [4.78, 5) is 17.6. The van der Waals surface area contributed by atoms with Crippen molar-refractivity contribution in [1.82, 2.24) is 9.55 Å². The number of aromatic nitrogens is 2. The molecule has 0 radical (unpaired) electrons. The van der Waals surface area contributed by atoms with Crippen LogP contribution < -0.4 is 5.56 Å². The highest BCUT2D eigenvalue weighted by Gasteiger charge is 2.07. The monoisotopic (exact) mass is 326 g/mol. The molecule has 86 valence electrons. The van der Waals surface area contributed by atoms with Gasteiger partial charge in [0.25, 0.3) is 5.56 Å². The van der Waals surface area contributed by atoms with Crippen LogP contribution in [0.25, 0.3) is 10.2 Å². The third-order valence-corrected chi connectivity index (χ3v) is 5.24. The molecule has 0 spiro atoms. The molecule has 0 aliphatic carbocycles. The largest absolute Gasteiger partial charge is 0.293 e. The Labute approximate surface area is 113 Å². The third kappa shape index (κ3) is 1.96. The van der Waals surface area contributed by atoms with Crippen LogP contribution in [-0.2, 0) is 6.54 Å². The van der Waals surface area contributed by atoms with E-state index in [9.17, 15) is 4.79 Å². The van der Waals surface area contributed by atoms with Crippen molar-refractivity contribution < 1.29 is 0 Å². The summed E-state index contributed by atoms with van der Waals surface area (Å²) < 4.78 is 3.41. The summed E-state index contributed by atoms with van der Waals surface area (Å²) in [6.45, 7) is 0.567. The molecule has 0 amide bonds. The lowest BCUT2D eigenvalue weighted by Gasteiger charge is -2.03. The van der Waals surface area contributed by atoms with Crippen molar-refractivity contribution in [1.29, 1.82) is 0 Å². The van der Waals surface area contributed by atoms with Crippen molar-refractivity contribution in [2.75, 3.05) is 0 Å². The van der Waals surface area contributed by atoms with Crippen molar-refractivity contribution in [2.24, 2.45) is 0 Å². The maximum absolute atomic E-state index is 12.1. The second-order valence-corrected chi connectivity index (χ2v) is 6.28. The van der Waals surface area contributed by atoms with Crippen LogP contribution in [0.5, 0.6) is 0 Å². The molecule has 3 nitrogen and oxygen atoms in total. The SMILES string of the molecule is O=c1c2sccc2ncn1Cc1sccc1Br. The average molecular weight is 327 g/mol. The van der Waals surface area contributed by atoms with Crippen LogP contribution in [0.3, 0.4) is 0 Å². The molecule has 3 aromatic heterocycles. The van der Waals surface area contributed by atoms with E-state index in [0.717, 1.165) is 19.6 Å². The number of fused-ring (bicyclic) bond motifs is 1. The summed E-state index contributed by atoms with van der Waals surface area (Å²) in [6.07, 6.45) is 1.61.